The topological polar surface area (TPSA) is 56.7 Å². The Kier molecular flexibility index (Phi) is 2.66. The van der Waals surface area contributed by atoms with Crippen molar-refractivity contribution in [1.82, 2.24) is 4.40 Å². The standard InChI is InChI=1S/C12H14N2O2/c1-8(13)12(15)10-4-6-14-5-3-9(16-2)7-11(10)14/h3-8H,13H2,1-2H3. The second-order valence-corrected chi connectivity index (χ2v) is 3.74. The molecule has 0 aliphatic heterocycles. The Balaban J connectivity index is 2.58. The summed E-state index contributed by atoms with van der Waals surface area (Å²) in [5, 5.41) is 0. The zero-order valence-electron chi connectivity index (χ0n) is 9.31. The summed E-state index contributed by atoms with van der Waals surface area (Å²) in [5.41, 5.74) is 7.05. The fraction of sp³-hybridized carbons (Fsp3) is 0.250. The van der Waals surface area contributed by atoms with Gasteiger partial charge in [-0.15, -0.1) is 0 Å². The summed E-state index contributed by atoms with van der Waals surface area (Å²) in [5.74, 6) is 0.667. The number of fused-ring (bicyclic) bond motifs is 1. The highest BCUT2D eigenvalue weighted by Crippen LogP contribution is 2.19. The summed E-state index contributed by atoms with van der Waals surface area (Å²) in [4.78, 5) is 11.8. The molecule has 2 aromatic rings. The van der Waals surface area contributed by atoms with E-state index >= 15 is 0 Å². The monoisotopic (exact) mass is 218 g/mol. The Morgan fingerprint density at radius 3 is 2.75 bits per heavy atom. The fourth-order valence-corrected chi connectivity index (χ4v) is 1.66. The first-order valence-corrected chi connectivity index (χ1v) is 5.08. The molecule has 2 aromatic heterocycles. The molecule has 0 aliphatic carbocycles. The summed E-state index contributed by atoms with van der Waals surface area (Å²) in [6, 6.07) is 4.96. The molecule has 0 saturated heterocycles. The van der Waals surface area contributed by atoms with Gasteiger partial charge in [-0.25, -0.2) is 0 Å². The van der Waals surface area contributed by atoms with Gasteiger partial charge in [0.2, 0.25) is 0 Å². The first-order chi connectivity index (χ1) is 7.63. The van der Waals surface area contributed by atoms with Crippen molar-refractivity contribution in [1.29, 1.82) is 0 Å². The zero-order valence-corrected chi connectivity index (χ0v) is 9.31. The third kappa shape index (κ3) is 1.67. The Hall–Kier alpha value is -1.81. The van der Waals surface area contributed by atoms with Crippen molar-refractivity contribution in [3.8, 4) is 5.75 Å². The molecule has 0 fully saturated rings. The average molecular weight is 218 g/mol. The van der Waals surface area contributed by atoms with Crippen LogP contribution in [0.25, 0.3) is 5.52 Å². The number of pyridine rings is 1. The maximum atomic E-state index is 11.8. The highest BCUT2D eigenvalue weighted by molar-refractivity contribution is 6.05. The van der Waals surface area contributed by atoms with Gasteiger partial charge in [0, 0.05) is 24.0 Å². The van der Waals surface area contributed by atoms with Gasteiger partial charge in [0.05, 0.1) is 18.7 Å². The molecule has 2 N–H and O–H groups in total. The first-order valence-electron chi connectivity index (χ1n) is 5.08. The van der Waals surface area contributed by atoms with E-state index < -0.39 is 6.04 Å². The number of nitrogens with two attached hydrogens (primary N) is 1. The van der Waals surface area contributed by atoms with Crippen LogP contribution >= 0.6 is 0 Å². The molecule has 1 atom stereocenters. The van der Waals surface area contributed by atoms with Crippen molar-refractivity contribution in [2.75, 3.05) is 7.11 Å². The third-order valence-corrected chi connectivity index (χ3v) is 2.55. The van der Waals surface area contributed by atoms with E-state index in [4.69, 9.17) is 10.5 Å². The molecule has 2 rings (SSSR count). The predicted octanol–water partition coefficient (Wildman–Crippen LogP) is 1.48. The van der Waals surface area contributed by atoms with E-state index in [-0.39, 0.29) is 5.78 Å². The second-order valence-electron chi connectivity index (χ2n) is 3.74. The number of nitrogens with zero attached hydrogens (tertiary/aromatic N) is 1. The largest absolute Gasteiger partial charge is 0.497 e. The molecule has 1 unspecified atom stereocenters. The summed E-state index contributed by atoms with van der Waals surface area (Å²) < 4.78 is 7.00. The summed E-state index contributed by atoms with van der Waals surface area (Å²) in [6.45, 7) is 1.69. The van der Waals surface area contributed by atoms with E-state index in [0.717, 1.165) is 11.3 Å². The fourth-order valence-electron chi connectivity index (χ4n) is 1.66. The lowest BCUT2D eigenvalue weighted by Gasteiger charge is -2.05. The molecule has 0 aromatic carbocycles. The Labute approximate surface area is 93.6 Å². The minimum Gasteiger partial charge on any atom is -0.497 e. The van der Waals surface area contributed by atoms with Crippen LogP contribution in [0.15, 0.2) is 30.6 Å². The summed E-state index contributed by atoms with van der Waals surface area (Å²) >= 11 is 0. The minimum absolute atomic E-state index is 0.0595. The van der Waals surface area contributed by atoms with Gasteiger partial charge in [0.1, 0.15) is 5.75 Å². The molecule has 16 heavy (non-hydrogen) atoms. The van der Waals surface area contributed by atoms with Crippen molar-refractivity contribution in [3.63, 3.8) is 0 Å². The van der Waals surface area contributed by atoms with E-state index in [9.17, 15) is 4.79 Å². The third-order valence-electron chi connectivity index (χ3n) is 2.55. The van der Waals surface area contributed by atoms with E-state index in [1.165, 1.54) is 0 Å². The van der Waals surface area contributed by atoms with Crippen LogP contribution in [0.5, 0.6) is 5.75 Å². The van der Waals surface area contributed by atoms with Crippen LogP contribution < -0.4 is 10.5 Å². The number of hydrogen-bond donors (Lipinski definition) is 1. The van der Waals surface area contributed by atoms with E-state index in [2.05, 4.69) is 0 Å². The number of Topliss-reactive ketones (excluding diaryl/α,β-unsaturated/α-hetero) is 1. The molecule has 2 heterocycles. The maximum absolute atomic E-state index is 11.8. The number of aromatic nitrogens is 1. The van der Waals surface area contributed by atoms with E-state index in [1.807, 2.05) is 28.9 Å². The van der Waals surface area contributed by atoms with Crippen molar-refractivity contribution < 1.29 is 9.53 Å². The number of ether oxygens (including phenoxy) is 1. The SMILES string of the molecule is COc1ccn2ccc(C(=O)C(C)N)c2c1. The van der Waals surface area contributed by atoms with Crippen LogP contribution in [0.4, 0.5) is 0 Å². The predicted molar refractivity (Wildman–Crippen MR) is 61.9 cm³/mol. The van der Waals surface area contributed by atoms with Crippen LogP contribution in [0.3, 0.4) is 0 Å². The highest BCUT2D eigenvalue weighted by atomic mass is 16.5. The quantitative estimate of drug-likeness (QED) is 0.794. The minimum atomic E-state index is -0.489. The van der Waals surface area contributed by atoms with Gasteiger partial charge in [-0.1, -0.05) is 0 Å². The smallest absolute Gasteiger partial charge is 0.181 e. The molecule has 0 radical (unpaired) electrons. The summed E-state index contributed by atoms with van der Waals surface area (Å²) in [7, 11) is 1.60. The lowest BCUT2D eigenvalue weighted by molar-refractivity contribution is 0.0969. The molecule has 0 bridgehead atoms. The van der Waals surface area contributed by atoms with Crippen molar-refractivity contribution in [2.24, 2.45) is 5.73 Å². The van der Waals surface area contributed by atoms with Crippen molar-refractivity contribution >= 4 is 11.3 Å². The molecule has 4 heteroatoms. The van der Waals surface area contributed by atoms with Gasteiger partial charge in [-0.3, -0.25) is 4.79 Å². The summed E-state index contributed by atoms with van der Waals surface area (Å²) in [6.07, 6.45) is 3.69. The number of carbonyl (C=O) groups is 1. The van der Waals surface area contributed by atoms with Crippen LogP contribution in [-0.2, 0) is 0 Å². The zero-order chi connectivity index (χ0) is 11.7. The molecule has 0 aliphatic rings. The Morgan fingerprint density at radius 1 is 1.44 bits per heavy atom. The molecule has 0 saturated carbocycles. The second kappa shape index (κ2) is 3.98. The molecular weight excluding hydrogens is 204 g/mol. The number of carbonyl (C=O) groups excluding carboxylic acids is 1. The molecule has 0 spiro atoms. The van der Waals surface area contributed by atoms with Gasteiger partial charge in [-0.05, 0) is 19.1 Å². The van der Waals surface area contributed by atoms with Gasteiger partial charge >= 0.3 is 0 Å². The van der Waals surface area contributed by atoms with Crippen LogP contribution in [0.1, 0.15) is 17.3 Å². The Bertz CT molecular complexity index is 529. The van der Waals surface area contributed by atoms with Gasteiger partial charge in [0.25, 0.3) is 0 Å². The number of methoxy groups -OCH3 is 1. The van der Waals surface area contributed by atoms with Crippen molar-refractivity contribution in [3.05, 3.63) is 36.2 Å². The van der Waals surface area contributed by atoms with Gasteiger partial charge in [0.15, 0.2) is 5.78 Å². The van der Waals surface area contributed by atoms with Gasteiger partial charge in [-0.2, -0.15) is 0 Å². The molecular formula is C12H14N2O2. The average Bonchev–Trinajstić information content (AvgIpc) is 2.70. The van der Waals surface area contributed by atoms with Crippen LogP contribution in [-0.4, -0.2) is 23.3 Å². The highest BCUT2D eigenvalue weighted by Gasteiger charge is 2.15. The van der Waals surface area contributed by atoms with E-state index in [0.29, 0.717) is 5.56 Å². The molecule has 0 amide bonds. The van der Waals surface area contributed by atoms with Crippen molar-refractivity contribution in [2.45, 2.75) is 13.0 Å². The van der Waals surface area contributed by atoms with Crippen LogP contribution in [0, 0.1) is 0 Å². The van der Waals surface area contributed by atoms with Gasteiger partial charge < -0.3 is 14.9 Å². The molecule has 84 valence electrons. The first kappa shape index (κ1) is 10.7. The maximum Gasteiger partial charge on any atom is 0.181 e. The number of rotatable bonds is 3. The normalized spacial score (nSPS) is 12.7. The van der Waals surface area contributed by atoms with Crippen LogP contribution in [0.2, 0.25) is 0 Å². The van der Waals surface area contributed by atoms with E-state index in [1.54, 1.807) is 20.1 Å². The lowest BCUT2D eigenvalue weighted by Crippen LogP contribution is -2.26. The lowest BCUT2D eigenvalue weighted by atomic mass is 10.1. The number of hydrogen-bond acceptors (Lipinski definition) is 3. The molecule has 4 nitrogen and oxygen atoms in total. The Morgan fingerprint density at radius 2 is 2.12 bits per heavy atom. The number of ketones is 1.